The summed E-state index contributed by atoms with van der Waals surface area (Å²) in [5, 5.41) is 2.68. The number of benzene rings is 1. The maximum atomic E-state index is 12.6. The van der Waals surface area contributed by atoms with Crippen molar-refractivity contribution < 1.29 is 19.1 Å². The van der Waals surface area contributed by atoms with Gasteiger partial charge in [0.2, 0.25) is 5.78 Å². The highest BCUT2D eigenvalue weighted by atomic mass is 32.1. The van der Waals surface area contributed by atoms with Gasteiger partial charge in [-0.15, -0.1) is 11.3 Å². The first-order valence-corrected chi connectivity index (χ1v) is 9.89. The lowest BCUT2D eigenvalue weighted by molar-refractivity contribution is -0.150. The molecule has 28 heavy (non-hydrogen) atoms. The van der Waals surface area contributed by atoms with Crippen LogP contribution in [-0.4, -0.2) is 34.0 Å². The third-order valence-electron chi connectivity index (χ3n) is 4.34. The molecule has 0 aliphatic heterocycles. The molecule has 0 aliphatic rings. The Morgan fingerprint density at radius 3 is 2.61 bits per heavy atom. The number of thiazole rings is 1. The minimum atomic E-state index is -0.752. The number of esters is 1. The number of rotatable bonds is 8. The van der Waals surface area contributed by atoms with Crippen molar-refractivity contribution in [1.29, 1.82) is 0 Å². The summed E-state index contributed by atoms with van der Waals surface area (Å²) in [4.78, 5) is 29.3. The fourth-order valence-corrected chi connectivity index (χ4v) is 3.69. The number of Topliss-reactive ketones (excluding diaryl/α,β-unsaturated/α-hetero) is 1. The summed E-state index contributed by atoms with van der Waals surface area (Å²) in [6, 6.07) is 10.9. The monoisotopic (exact) mass is 398 g/mol. The molecule has 0 saturated carbocycles. The van der Waals surface area contributed by atoms with E-state index in [1.54, 1.807) is 24.4 Å². The Kier molecular flexibility index (Phi) is 6.26. The van der Waals surface area contributed by atoms with Crippen LogP contribution >= 0.6 is 11.3 Å². The third kappa shape index (κ3) is 4.31. The third-order valence-corrected chi connectivity index (χ3v) is 5.10. The van der Waals surface area contributed by atoms with Crippen molar-refractivity contribution in [3.05, 3.63) is 64.9 Å². The van der Waals surface area contributed by atoms with Gasteiger partial charge in [-0.25, -0.2) is 9.78 Å². The van der Waals surface area contributed by atoms with Gasteiger partial charge in [0.25, 0.3) is 0 Å². The molecule has 3 aromatic rings. The number of hydrogen-bond acceptors (Lipinski definition) is 6. The minimum Gasteiger partial charge on any atom is -0.479 e. The van der Waals surface area contributed by atoms with Crippen LogP contribution in [0.1, 0.15) is 35.1 Å². The first kappa shape index (κ1) is 19.8. The summed E-state index contributed by atoms with van der Waals surface area (Å²) in [5.41, 5.74) is 2.21. The summed E-state index contributed by atoms with van der Waals surface area (Å²) < 4.78 is 12.8. The fourth-order valence-electron chi connectivity index (χ4n) is 2.93. The first-order chi connectivity index (χ1) is 13.5. The Bertz CT molecular complexity index is 948. The number of ether oxygens (including phenoxy) is 2. The van der Waals surface area contributed by atoms with Gasteiger partial charge in [0.05, 0.1) is 0 Å². The van der Waals surface area contributed by atoms with E-state index in [0.29, 0.717) is 17.7 Å². The van der Waals surface area contributed by atoms with Gasteiger partial charge in [0.15, 0.2) is 17.8 Å². The van der Waals surface area contributed by atoms with Crippen LogP contribution in [0.3, 0.4) is 0 Å². The molecule has 1 aromatic carbocycles. The SMILES string of the molecule is CC[C@@H](Oc1ccccc1)C(=O)OCC(=O)c1cc(C)n(-c2nccs2)c1C. The van der Waals surface area contributed by atoms with E-state index in [9.17, 15) is 9.59 Å². The van der Waals surface area contributed by atoms with E-state index < -0.39 is 12.1 Å². The number of ketones is 1. The lowest BCUT2D eigenvalue weighted by atomic mass is 10.1. The largest absolute Gasteiger partial charge is 0.479 e. The lowest BCUT2D eigenvalue weighted by Crippen LogP contribution is -2.30. The summed E-state index contributed by atoms with van der Waals surface area (Å²) in [6.45, 7) is 5.28. The zero-order chi connectivity index (χ0) is 20.1. The van der Waals surface area contributed by atoms with E-state index in [1.165, 1.54) is 11.3 Å². The van der Waals surface area contributed by atoms with Crippen molar-refractivity contribution >= 4 is 23.1 Å². The number of aryl methyl sites for hydroxylation is 1. The maximum absolute atomic E-state index is 12.6. The van der Waals surface area contributed by atoms with Crippen LogP contribution in [0.5, 0.6) is 5.75 Å². The van der Waals surface area contributed by atoms with Crippen LogP contribution in [0.2, 0.25) is 0 Å². The normalized spacial score (nSPS) is 11.8. The van der Waals surface area contributed by atoms with Gasteiger partial charge in [0.1, 0.15) is 5.75 Å². The van der Waals surface area contributed by atoms with Gasteiger partial charge < -0.3 is 9.47 Å². The standard InChI is InChI=1S/C21H22N2O4S/c1-4-19(27-16-8-6-5-7-9-16)20(25)26-13-18(24)17-12-14(2)23(15(17)3)21-22-10-11-28-21/h5-12,19H,4,13H2,1-3H3/t19-/m1/s1. The molecule has 0 saturated heterocycles. The van der Waals surface area contributed by atoms with Crippen LogP contribution in [-0.2, 0) is 9.53 Å². The molecule has 3 rings (SSSR count). The molecule has 0 N–H and O–H groups in total. The van der Waals surface area contributed by atoms with Crippen LogP contribution in [0.4, 0.5) is 0 Å². The molecule has 7 heteroatoms. The minimum absolute atomic E-state index is 0.251. The molecule has 2 heterocycles. The molecule has 0 bridgehead atoms. The topological polar surface area (TPSA) is 70.4 Å². The van der Waals surface area contributed by atoms with Gasteiger partial charge in [-0.05, 0) is 38.5 Å². The fraction of sp³-hybridized carbons (Fsp3) is 0.286. The molecule has 2 aromatic heterocycles. The molecule has 0 aliphatic carbocycles. The molecule has 6 nitrogen and oxygen atoms in total. The highest BCUT2D eigenvalue weighted by Crippen LogP contribution is 2.22. The highest BCUT2D eigenvalue weighted by Gasteiger charge is 2.23. The molecular formula is C21H22N2O4S. The van der Waals surface area contributed by atoms with E-state index in [0.717, 1.165) is 16.5 Å². The molecule has 146 valence electrons. The highest BCUT2D eigenvalue weighted by molar-refractivity contribution is 7.12. The van der Waals surface area contributed by atoms with Crippen molar-refractivity contribution in [3.63, 3.8) is 0 Å². The number of carbonyl (C=O) groups excluding carboxylic acids is 2. The smallest absolute Gasteiger partial charge is 0.347 e. The Morgan fingerprint density at radius 2 is 1.96 bits per heavy atom. The van der Waals surface area contributed by atoms with Gasteiger partial charge in [-0.1, -0.05) is 25.1 Å². The Balaban J connectivity index is 1.65. The number of aromatic nitrogens is 2. The quantitative estimate of drug-likeness (QED) is 0.421. The molecule has 1 atom stereocenters. The van der Waals surface area contributed by atoms with Gasteiger partial charge in [-0.3, -0.25) is 9.36 Å². The predicted octanol–water partition coefficient (Wildman–Crippen LogP) is 4.13. The summed E-state index contributed by atoms with van der Waals surface area (Å²) >= 11 is 1.49. The zero-order valence-corrected chi connectivity index (χ0v) is 16.9. The first-order valence-electron chi connectivity index (χ1n) is 9.01. The summed E-state index contributed by atoms with van der Waals surface area (Å²) in [6.07, 6.45) is 1.42. The Labute approximate surface area is 167 Å². The van der Waals surface area contributed by atoms with Gasteiger partial charge >= 0.3 is 5.97 Å². The Hall–Kier alpha value is -2.93. The molecule has 0 unspecified atom stereocenters. The molecule has 0 spiro atoms. The summed E-state index contributed by atoms with van der Waals surface area (Å²) in [5.74, 6) is -0.211. The average Bonchev–Trinajstić information content (AvgIpc) is 3.32. The lowest BCUT2D eigenvalue weighted by Gasteiger charge is -2.16. The van der Waals surface area contributed by atoms with Crippen molar-refractivity contribution in [1.82, 2.24) is 9.55 Å². The number of carbonyl (C=O) groups is 2. The van der Waals surface area contributed by atoms with E-state index in [-0.39, 0.29) is 12.4 Å². The van der Waals surface area contributed by atoms with Crippen molar-refractivity contribution in [3.8, 4) is 10.9 Å². The van der Waals surface area contributed by atoms with Crippen molar-refractivity contribution in [2.45, 2.75) is 33.3 Å². The van der Waals surface area contributed by atoms with Crippen LogP contribution in [0.25, 0.3) is 5.13 Å². The van der Waals surface area contributed by atoms with E-state index >= 15 is 0 Å². The van der Waals surface area contributed by atoms with Gasteiger partial charge in [0, 0.05) is 28.5 Å². The van der Waals surface area contributed by atoms with E-state index in [2.05, 4.69) is 4.98 Å². The van der Waals surface area contributed by atoms with Crippen molar-refractivity contribution in [2.75, 3.05) is 6.61 Å². The zero-order valence-electron chi connectivity index (χ0n) is 16.0. The van der Waals surface area contributed by atoms with E-state index in [1.807, 2.05) is 48.9 Å². The molecular weight excluding hydrogens is 376 g/mol. The molecule has 0 fully saturated rings. The van der Waals surface area contributed by atoms with Gasteiger partial charge in [-0.2, -0.15) is 0 Å². The second kappa shape index (κ2) is 8.84. The van der Waals surface area contributed by atoms with Crippen LogP contribution in [0.15, 0.2) is 48.0 Å². The van der Waals surface area contributed by atoms with Crippen molar-refractivity contribution in [2.24, 2.45) is 0 Å². The van der Waals surface area contributed by atoms with E-state index in [4.69, 9.17) is 9.47 Å². The molecule has 0 radical (unpaired) electrons. The number of hydrogen-bond donors (Lipinski definition) is 0. The Morgan fingerprint density at radius 1 is 1.21 bits per heavy atom. The predicted molar refractivity (Wildman–Crippen MR) is 107 cm³/mol. The number of nitrogens with zero attached hydrogens (tertiary/aromatic N) is 2. The summed E-state index contributed by atoms with van der Waals surface area (Å²) in [7, 11) is 0. The average molecular weight is 398 g/mol. The second-order valence-corrected chi connectivity index (χ2v) is 7.17. The maximum Gasteiger partial charge on any atom is 0.347 e. The van der Waals surface area contributed by atoms with Crippen LogP contribution in [0, 0.1) is 13.8 Å². The number of para-hydroxylation sites is 1. The molecule has 0 amide bonds. The van der Waals surface area contributed by atoms with Crippen LogP contribution < -0.4 is 4.74 Å². The second-order valence-electron chi connectivity index (χ2n) is 6.29.